The number of hydrogen-bond donors (Lipinski definition) is 1. The lowest BCUT2D eigenvalue weighted by Gasteiger charge is -2.11. The standard InChI is InChI=1S/C21H18Cl2N4O/c1-26-12-15(16-6-2-3-8-18(16)26)11-20(28)25-19-9-10-24-27(19)13-14-5-4-7-17(22)21(14)23/h2-10,12H,11,13H2,1H3,(H,25,28). The van der Waals surface area contributed by atoms with Gasteiger partial charge in [0.15, 0.2) is 0 Å². The van der Waals surface area contributed by atoms with E-state index in [4.69, 9.17) is 23.2 Å². The summed E-state index contributed by atoms with van der Waals surface area (Å²) in [7, 11) is 1.98. The molecule has 2 heterocycles. The zero-order valence-electron chi connectivity index (χ0n) is 15.2. The summed E-state index contributed by atoms with van der Waals surface area (Å²) < 4.78 is 3.72. The molecule has 5 nitrogen and oxygen atoms in total. The fourth-order valence-corrected chi connectivity index (χ4v) is 3.70. The van der Waals surface area contributed by atoms with E-state index in [1.807, 2.05) is 54.2 Å². The molecule has 4 aromatic rings. The summed E-state index contributed by atoms with van der Waals surface area (Å²) in [4.78, 5) is 12.6. The Balaban J connectivity index is 1.51. The van der Waals surface area contributed by atoms with Crippen molar-refractivity contribution in [2.75, 3.05) is 5.32 Å². The van der Waals surface area contributed by atoms with Crippen molar-refractivity contribution in [2.24, 2.45) is 7.05 Å². The number of fused-ring (bicyclic) bond motifs is 1. The van der Waals surface area contributed by atoms with Crippen LogP contribution >= 0.6 is 23.2 Å². The van der Waals surface area contributed by atoms with E-state index >= 15 is 0 Å². The molecule has 0 saturated heterocycles. The van der Waals surface area contributed by atoms with Crippen molar-refractivity contribution in [1.29, 1.82) is 0 Å². The molecule has 1 amide bonds. The lowest BCUT2D eigenvalue weighted by molar-refractivity contribution is -0.115. The van der Waals surface area contributed by atoms with E-state index in [1.54, 1.807) is 23.0 Å². The molecule has 0 spiro atoms. The molecule has 0 atom stereocenters. The number of carbonyl (C=O) groups excluding carboxylic acids is 1. The van der Waals surface area contributed by atoms with Gasteiger partial charge in [-0.05, 0) is 23.3 Å². The summed E-state index contributed by atoms with van der Waals surface area (Å²) in [5, 5.41) is 9.31. The number of anilines is 1. The minimum absolute atomic E-state index is 0.102. The normalized spacial score (nSPS) is 11.1. The van der Waals surface area contributed by atoms with E-state index in [9.17, 15) is 4.79 Å². The predicted octanol–water partition coefficient (Wildman–Crippen LogP) is 4.91. The van der Waals surface area contributed by atoms with Gasteiger partial charge in [-0.3, -0.25) is 4.79 Å². The first kappa shape index (κ1) is 18.6. The molecule has 142 valence electrons. The van der Waals surface area contributed by atoms with Crippen LogP contribution in [0.25, 0.3) is 10.9 Å². The van der Waals surface area contributed by atoms with Gasteiger partial charge in [-0.15, -0.1) is 0 Å². The average Bonchev–Trinajstić information content (AvgIpc) is 3.24. The highest BCUT2D eigenvalue weighted by Crippen LogP contribution is 2.27. The van der Waals surface area contributed by atoms with Crippen LogP contribution in [0.15, 0.2) is 60.9 Å². The maximum absolute atomic E-state index is 12.6. The number of rotatable bonds is 5. The summed E-state index contributed by atoms with van der Waals surface area (Å²) in [5.74, 6) is 0.511. The van der Waals surface area contributed by atoms with Crippen molar-refractivity contribution >= 4 is 45.8 Å². The van der Waals surface area contributed by atoms with Crippen molar-refractivity contribution in [3.63, 3.8) is 0 Å². The number of halogens is 2. The molecular formula is C21H18Cl2N4O. The van der Waals surface area contributed by atoms with Gasteiger partial charge in [0.1, 0.15) is 5.82 Å². The Morgan fingerprint density at radius 2 is 1.89 bits per heavy atom. The Bertz CT molecular complexity index is 1160. The minimum atomic E-state index is -0.102. The van der Waals surface area contributed by atoms with Crippen LogP contribution in [0.1, 0.15) is 11.1 Å². The van der Waals surface area contributed by atoms with Crippen molar-refractivity contribution in [3.05, 3.63) is 82.1 Å². The van der Waals surface area contributed by atoms with Crippen molar-refractivity contribution in [1.82, 2.24) is 14.3 Å². The number of benzene rings is 2. The van der Waals surface area contributed by atoms with Gasteiger partial charge in [0, 0.05) is 30.2 Å². The maximum atomic E-state index is 12.6. The molecule has 0 aliphatic heterocycles. The molecule has 2 aromatic carbocycles. The number of carbonyl (C=O) groups is 1. The third-order valence-corrected chi connectivity index (χ3v) is 5.52. The third kappa shape index (κ3) is 3.63. The second kappa shape index (κ2) is 7.70. The second-order valence-corrected chi connectivity index (χ2v) is 7.38. The summed E-state index contributed by atoms with van der Waals surface area (Å²) in [6.45, 7) is 0.413. The zero-order chi connectivity index (χ0) is 19.7. The molecule has 0 fully saturated rings. The average molecular weight is 413 g/mol. The highest BCUT2D eigenvalue weighted by molar-refractivity contribution is 6.42. The Morgan fingerprint density at radius 3 is 2.75 bits per heavy atom. The van der Waals surface area contributed by atoms with E-state index in [2.05, 4.69) is 10.4 Å². The summed E-state index contributed by atoms with van der Waals surface area (Å²) in [6.07, 6.45) is 3.92. The van der Waals surface area contributed by atoms with Crippen molar-refractivity contribution in [3.8, 4) is 0 Å². The van der Waals surface area contributed by atoms with Gasteiger partial charge in [0.2, 0.25) is 5.91 Å². The topological polar surface area (TPSA) is 51.9 Å². The van der Waals surface area contributed by atoms with E-state index in [-0.39, 0.29) is 12.3 Å². The zero-order valence-corrected chi connectivity index (χ0v) is 16.7. The van der Waals surface area contributed by atoms with Gasteiger partial charge in [-0.25, -0.2) is 4.68 Å². The summed E-state index contributed by atoms with van der Waals surface area (Å²) >= 11 is 12.4. The van der Waals surface area contributed by atoms with Gasteiger partial charge in [-0.2, -0.15) is 5.10 Å². The second-order valence-electron chi connectivity index (χ2n) is 6.59. The predicted molar refractivity (Wildman–Crippen MR) is 113 cm³/mol. The highest BCUT2D eigenvalue weighted by Gasteiger charge is 2.13. The first-order valence-corrected chi connectivity index (χ1v) is 9.56. The van der Waals surface area contributed by atoms with Crippen LogP contribution < -0.4 is 5.32 Å². The fraction of sp³-hybridized carbons (Fsp3) is 0.143. The summed E-state index contributed by atoms with van der Waals surface area (Å²) in [5.41, 5.74) is 2.92. The van der Waals surface area contributed by atoms with Gasteiger partial charge in [0.25, 0.3) is 0 Å². The van der Waals surface area contributed by atoms with Crippen molar-refractivity contribution < 1.29 is 4.79 Å². The Hall–Kier alpha value is -2.76. The highest BCUT2D eigenvalue weighted by atomic mass is 35.5. The molecule has 2 aromatic heterocycles. The van der Waals surface area contributed by atoms with Crippen LogP contribution in [-0.4, -0.2) is 20.3 Å². The lowest BCUT2D eigenvalue weighted by atomic mass is 10.1. The number of aryl methyl sites for hydroxylation is 1. The molecule has 0 bridgehead atoms. The largest absolute Gasteiger partial charge is 0.350 e. The third-order valence-electron chi connectivity index (χ3n) is 4.67. The number of nitrogens with one attached hydrogen (secondary N) is 1. The number of aromatic nitrogens is 3. The molecule has 0 aliphatic carbocycles. The molecule has 7 heteroatoms. The van der Waals surface area contributed by atoms with E-state index in [1.165, 1.54) is 0 Å². The van der Waals surface area contributed by atoms with Crippen LogP contribution in [0.2, 0.25) is 10.0 Å². The first-order chi connectivity index (χ1) is 13.5. The first-order valence-electron chi connectivity index (χ1n) is 8.80. The molecule has 1 N–H and O–H groups in total. The van der Waals surface area contributed by atoms with Crippen LogP contribution in [0, 0.1) is 0 Å². The minimum Gasteiger partial charge on any atom is -0.350 e. The number of para-hydroxylation sites is 1. The Labute approximate surface area is 172 Å². The fourth-order valence-electron chi connectivity index (χ4n) is 3.32. The molecule has 0 aliphatic rings. The maximum Gasteiger partial charge on any atom is 0.230 e. The Kier molecular flexibility index (Phi) is 5.11. The van der Waals surface area contributed by atoms with Crippen LogP contribution in [0.5, 0.6) is 0 Å². The number of hydrogen-bond acceptors (Lipinski definition) is 2. The lowest BCUT2D eigenvalue weighted by Crippen LogP contribution is -2.18. The van der Waals surface area contributed by atoms with Gasteiger partial charge in [0.05, 0.1) is 29.2 Å². The quantitative estimate of drug-likeness (QED) is 0.506. The van der Waals surface area contributed by atoms with Gasteiger partial charge >= 0.3 is 0 Å². The monoisotopic (exact) mass is 412 g/mol. The van der Waals surface area contributed by atoms with Gasteiger partial charge in [-0.1, -0.05) is 53.5 Å². The molecule has 0 saturated carbocycles. The smallest absolute Gasteiger partial charge is 0.230 e. The van der Waals surface area contributed by atoms with Crippen LogP contribution in [0.4, 0.5) is 5.82 Å². The summed E-state index contributed by atoms with van der Waals surface area (Å²) in [6, 6.07) is 15.3. The van der Waals surface area contributed by atoms with Crippen LogP contribution in [-0.2, 0) is 24.8 Å². The molecule has 0 radical (unpaired) electrons. The molecule has 28 heavy (non-hydrogen) atoms. The Morgan fingerprint density at radius 1 is 1.07 bits per heavy atom. The van der Waals surface area contributed by atoms with E-state index in [0.29, 0.717) is 22.4 Å². The van der Waals surface area contributed by atoms with Crippen molar-refractivity contribution in [2.45, 2.75) is 13.0 Å². The number of amides is 1. The SMILES string of the molecule is Cn1cc(CC(=O)Nc2ccnn2Cc2cccc(Cl)c2Cl)c2ccccc21. The van der Waals surface area contributed by atoms with Gasteiger partial charge < -0.3 is 9.88 Å². The molecule has 4 rings (SSSR count). The van der Waals surface area contributed by atoms with E-state index in [0.717, 1.165) is 22.0 Å². The molecule has 0 unspecified atom stereocenters. The molecular weight excluding hydrogens is 395 g/mol. The number of nitrogens with zero attached hydrogens (tertiary/aromatic N) is 3. The van der Waals surface area contributed by atoms with E-state index < -0.39 is 0 Å². The van der Waals surface area contributed by atoms with Crippen LogP contribution in [0.3, 0.4) is 0 Å².